The third-order valence-corrected chi connectivity index (χ3v) is 3.78. The Hall–Kier alpha value is -2.15. The van der Waals surface area contributed by atoms with Gasteiger partial charge in [0.1, 0.15) is 5.69 Å². The van der Waals surface area contributed by atoms with Gasteiger partial charge in [-0.1, -0.05) is 0 Å². The van der Waals surface area contributed by atoms with Crippen molar-refractivity contribution in [1.82, 2.24) is 0 Å². The van der Waals surface area contributed by atoms with Crippen molar-refractivity contribution >= 4 is 23.0 Å². The molecule has 1 fully saturated rings. The Labute approximate surface area is 129 Å². The Morgan fingerprint density at radius 3 is 2.73 bits per heavy atom. The molecular formula is C15H21N3O4. The van der Waals surface area contributed by atoms with Crippen molar-refractivity contribution < 1.29 is 14.5 Å². The molecular weight excluding hydrogens is 286 g/mol. The number of carbonyl (C=O) groups excluding carboxylic acids is 1. The van der Waals surface area contributed by atoms with E-state index in [0.717, 1.165) is 32.6 Å². The first-order chi connectivity index (χ1) is 10.5. The van der Waals surface area contributed by atoms with Crippen LogP contribution in [-0.2, 0) is 9.53 Å². The van der Waals surface area contributed by atoms with Crippen molar-refractivity contribution in [2.45, 2.75) is 19.8 Å². The monoisotopic (exact) mass is 307 g/mol. The minimum Gasteiger partial charge on any atom is -0.381 e. The molecule has 1 aliphatic rings. The van der Waals surface area contributed by atoms with Crippen molar-refractivity contribution in [3.8, 4) is 0 Å². The number of nitrogens with zero attached hydrogens (tertiary/aromatic N) is 2. The van der Waals surface area contributed by atoms with Crippen LogP contribution < -0.4 is 10.2 Å². The number of carbonyl (C=O) groups is 1. The molecule has 1 aliphatic heterocycles. The standard InChI is InChI=1S/C15H21N3O4/c1-11(19)16-13-3-4-14(15(9-13)18(20)21)17(2)10-12-5-7-22-8-6-12/h3-4,9,12H,5-8,10H2,1-2H3,(H,16,19). The highest BCUT2D eigenvalue weighted by Gasteiger charge is 2.22. The highest BCUT2D eigenvalue weighted by molar-refractivity contribution is 5.89. The summed E-state index contributed by atoms with van der Waals surface area (Å²) >= 11 is 0. The average molecular weight is 307 g/mol. The minimum atomic E-state index is -0.416. The van der Waals surface area contributed by atoms with E-state index in [2.05, 4.69) is 5.32 Å². The van der Waals surface area contributed by atoms with Crippen LogP contribution in [0.25, 0.3) is 0 Å². The number of nitro groups is 1. The number of nitro benzene ring substituents is 1. The van der Waals surface area contributed by atoms with Crippen LogP contribution in [0, 0.1) is 16.0 Å². The number of amides is 1. The lowest BCUT2D eigenvalue weighted by Gasteiger charge is -2.28. The molecule has 1 aromatic carbocycles. The van der Waals surface area contributed by atoms with Gasteiger partial charge in [0.05, 0.1) is 4.92 Å². The third kappa shape index (κ3) is 4.17. The molecule has 7 nitrogen and oxygen atoms in total. The van der Waals surface area contributed by atoms with E-state index in [0.29, 0.717) is 17.3 Å². The summed E-state index contributed by atoms with van der Waals surface area (Å²) < 4.78 is 5.33. The molecule has 0 radical (unpaired) electrons. The lowest BCUT2D eigenvalue weighted by molar-refractivity contribution is -0.384. The van der Waals surface area contributed by atoms with E-state index in [-0.39, 0.29) is 11.6 Å². The zero-order chi connectivity index (χ0) is 16.1. The number of ether oxygens (including phenoxy) is 1. The van der Waals surface area contributed by atoms with Crippen LogP contribution in [0.4, 0.5) is 17.1 Å². The van der Waals surface area contributed by atoms with Gasteiger partial charge in [-0.25, -0.2) is 0 Å². The molecule has 0 spiro atoms. The van der Waals surface area contributed by atoms with Gasteiger partial charge in [-0.15, -0.1) is 0 Å². The fourth-order valence-electron chi connectivity index (χ4n) is 2.69. The van der Waals surface area contributed by atoms with Crippen molar-refractivity contribution in [2.75, 3.05) is 37.0 Å². The first kappa shape index (κ1) is 16.2. The second kappa shape index (κ2) is 7.22. The Morgan fingerprint density at radius 1 is 1.45 bits per heavy atom. The van der Waals surface area contributed by atoms with Gasteiger partial charge in [-0.3, -0.25) is 14.9 Å². The Kier molecular flexibility index (Phi) is 5.32. The predicted molar refractivity (Wildman–Crippen MR) is 84.2 cm³/mol. The van der Waals surface area contributed by atoms with Crippen molar-refractivity contribution in [2.24, 2.45) is 5.92 Å². The van der Waals surface area contributed by atoms with Crippen molar-refractivity contribution in [3.05, 3.63) is 28.3 Å². The molecule has 0 bridgehead atoms. The molecule has 0 aromatic heterocycles. The zero-order valence-corrected chi connectivity index (χ0v) is 12.9. The molecule has 1 aromatic rings. The van der Waals surface area contributed by atoms with Gasteiger partial charge in [0, 0.05) is 45.5 Å². The number of hydrogen-bond donors (Lipinski definition) is 1. The smallest absolute Gasteiger partial charge is 0.294 e. The average Bonchev–Trinajstić information content (AvgIpc) is 2.47. The minimum absolute atomic E-state index is 0.000749. The topological polar surface area (TPSA) is 84.7 Å². The van der Waals surface area contributed by atoms with Gasteiger partial charge in [-0.2, -0.15) is 0 Å². The van der Waals surface area contributed by atoms with Crippen molar-refractivity contribution in [3.63, 3.8) is 0 Å². The largest absolute Gasteiger partial charge is 0.381 e. The summed E-state index contributed by atoms with van der Waals surface area (Å²) in [5, 5.41) is 13.9. The van der Waals surface area contributed by atoms with Crippen LogP contribution in [-0.4, -0.2) is 37.6 Å². The quantitative estimate of drug-likeness (QED) is 0.667. The van der Waals surface area contributed by atoms with E-state index in [1.54, 1.807) is 12.1 Å². The van der Waals surface area contributed by atoms with E-state index in [4.69, 9.17) is 4.74 Å². The fraction of sp³-hybridized carbons (Fsp3) is 0.533. The molecule has 0 unspecified atom stereocenters. The predicted octanol–water partition coefficient (Wildman–Crippen LogP) is 2.42. The summed E-state index contributed by atoms with van der Waals surface area (Å²) in [7, 11) is 1.86. The summed E-state index contributed by atoms with van der Waals surface area (Å²) in [5.74, 6) is 0.228. The summed E-state index contributed by atoms with van der Waals surface area (Å²) in [4.78, 5) is 23.9. The molecule has 0 aliphatic carbocycles. The van der Waals surface area contributed by atoms with Crippen molar-refractivity contribution in [1.29, 1.82) is 0 Å². The van der Waals surface area contributed by atoms with Gasteiger partial charge in [-0.05, 0) is 30.9 Å². The summed E-state index contributed by atoms with van der Waals surface area (Å²) in [6.45, 7) is 3.63. The maximum absolute atomic E-state index is 11.3. The normalized spacial score (nSPS) is 15.4. The van der Waals surface area contributed by atoms with E-state index in [1.165, 1.54) is 13.0 Å². The van der Waals surface area contributed by atoms with E-state index in [9.17, 15) is 14.9 Å². The number of benzene rings is 1. The molecule has 120 valence electrons. The van der Waals surface area contributed by atoms with Crippen LogP contribution >= 0.6 is 0 Å². The second-order valence-electron chi connectivity index (χ2n) is 5.58. The van der Waals surface area contributed by atoms with Gasteiger partial charge in [0.15, 0.2) is 0 Å². The Balaban J connectivity index is 2.17. The van der Waals surface area contributed by atoms with E-state index < -0.39 is 4.92 Å². The summed E-state index contributed by atoms with van der Waals surface area (Å²) in [6, 6.07) is 4.77. The molecule has 1 heterocycles. The van der Waals surface area contributed by atoms with Crippen LogP contribution in [0.3, 0.4) is 0 Å². The molecule has 7 heteroatoms. The fourth-order valence-corrected chi connectivity index (χ4v) is 2.69. The Morgan fingerprint density at radius 2 is 2.14 bits per heavy atom. The molecule has 1 saturated heterocycles. The van der Waals surface area contributed by atoms with Gasteiger partial charge in [0.25, 0.3) is 5.69 Å². The summed E-state index contributed by atoms with van der Waals surface area (Å²) in [6.07, 6.45) is 1.95. The SMILES string of the molecule is CC(=O)Nc1ccc(N(C)CC2CCOCC2)c([N+](=O)[O-])c1. The first-order valence-corrected chi connectivity index (χ1v) is 7.32. The van der Waals surface area contributed by atoms with Gasteiger partial charge < -0.3 is 15.0 Å². The Bertz CT molecular complexity index is 556. The maximum atomic E-state index is 11.3. The lowest BCUT2D eigenvalue weighted by Crippen LogP contribution is -2.29. The lowest BCUT2D eigenvalue weighted by atomic mass is 9.99. The molecule has 1 N–H and O–H groups in total. The van der Waals surface area contributed by atoms with E-state index >= 15 is 0 Å². The summed E-state index contributed by atoms with van der Waals surface area (Å²) in [5.41, 5.74) is 0.994. The highest BCUT2D eigenvalue weighted by Crippen LogP contribution is 2.31. The van der Waals surface area contributed by atoms with Crippen LogP contribution in [0.1, 0.15) is 19.8 Å². The second-order valence-corrected chi connectivity index (χ2v) is 5.58. The zero-order valence-electron chi connectivity index (χ0n) is 12.9. The third-order valence-electron chi connectivity index (χ3n) is 3.78. The van der Waals surface area contributed by atoms with Crippen LogP contribution in [0.2, 0.25) is 0 Å². The molecule has 0 saturated carbocycles. The van der Waals surface area contributed by atoms with Crippen LogP contribution in [0.15, 0.2) is 18.2 Å². The number of hydrogen-bond acceptors (Lipinski definition) is 5. The molecule has 1 amide bonds. The molecule has 2 rings (SSSR count). The van der Waals surface area contributed by atoms with Gasteiger partial charge in [0.2, 0.25) is 5.91 Å². The first-order valence-electron chi connectivity index (χ1n) is 7.32. The van der Waals surface area contributed by atoms with Gasteiger partial charge >= 0.3 is 0 Å². The maximum Gasteiger partial charge on any atom is 0.294 e. The number of nitrogens with one attached hydrogen (secondary N) is 1. The molecule has 0 atom stereocenters. The number of anilines is 2. The van der Waals surface area contributed by atoms with E-state index in [1.807, 2.05) is 11.9 Å². The highest BCUT2D eigenvalue weighted by atomic mass is 16.6. The number of rotatable bonds is 5. The molecule has 22 heavy (non-hydrogen) atoms. The van der Waals surface area contributed by atoms with Crippen LogP contribution in [0.5, 0.6) is 0 Å².